The van der Waals surface area contributed by atoms with Gasteiger partial charge in [-0.1, -0.05) is 13.8 Å². The smallest absolute Gasteiger partial charge is 0.410 e. The van der Waals surface area contributed by atoms with Crippen LogP contribution in [0.2, 0.25) is 0 Å². The molecule has 0 saturated carbocycles. The standard InChI is InChI=1S/C17H35N3O2/c1-6-11-19(7-2)13-10-18-14-15-9-8-12-20(15)16(21)22-17(3,4)5/h15,18H,6-14H2,1-5H3. The summed E-state index contributed by atoms with van der Waals surface area (Å²) < 4.78 is 5.50. The van der Waals surface area contributed by atoms with Crippen LogP contribution in [0.15, 0.2) is 0 Å². The predicted molar refractivity (Wildman–Crippen MR) is 91.2 cm³/mol. The molecule has 1 rings (SSSR count). The van der Waals surface area contributed by atoms with Gasteiger partial charge in [0.15, 0.2) is 0 Å². The average Bonchev–Trinajstić information content (AvgIpc) is 2.89. The van der Waals surface area contributed by atoms with Crippen molar-refractivity contribution >= 4 is 6.09 Å². The lowest BCUT2D eigenvalue weighted by molar-refractivity contribution is 0.0226. The first kappa shape index (κ1) is 19.2. The summed E-state index contributed by atoms with van der Waals surface area (Å²) in [5.74, 6) is 0. The monoisotopic (exact) mass is 313 g/mol. The van der Waals surface area contributed by atoms with Crippen molar-refractivity contribution in [1.29, 1.82) is 0 Å². The summed E-state index contributed by atoms with van der Waals surface area (Å²) in [4.78, 5) is 16.6. The number of hydrogen-bond acceptors (Lipinski definition) is 4. The number of amides is 1. The van der Waals surface area contributed by atoms with Crippen LogP contribution < -0.4 is 5.32 Å². The van der Waals surface area contributed by atoms with Crippen LogP contribution in [0.4, 0.5) is 4.79 Å². The highest BCUT2D eigenvalue weighted by Crippen LogP contribution is 2.20. The fourth-order valence-electron chi connectivity index (χ4n) is 2.86. The van der Waals surface area contributed by atoms with Gasteiger partial charge in [-0.2, -0.15) is 0 Å². The maximum Gasteiger partial charge on any atom is 0.410 e. The quantitative estimate of drug-likeness (QED) is 0.700. The maximum atomic E-state index is 12.2. The molecule has 0 radical (unpaired) electrons. The highest BCUT2D eigenvalue weighted by molar-refractivity contribution is 5.69. The molecule has 1 unspecified atom stereocenters. The molecule has 0 aromatic heterocycles. The van der Waals surface area contributed by atoms with E-state index in [2.05, 4.69) is 24.1 Å². The summed E-state index contributed by atoms with van der Waals surface area (Å²) in [5.41, 5.74) is -0.417. The van der Waals surface area contributed by atoms with Crippen molar-refractivity contribution in [2.45, 2.75) is 65.5 Å². The Morgan fingerprint density at radius 1 is 1.32 bits per heavy atom. The fraction of sp³-hybridized carbons (Fsp3) is 0.941. The van der Waals surface area contributed by atoms with Gasteiger partial charge in [-0.25, -0.2) is 4.79 Å². The molecule has 0 bridgehead atoms. The lowest BCUT2D eigenvalue weighted by Gasteiger charge is -2.29. The number of carbonyl (C=O) groups is 1. The molecule has 0 spiro atoms. The zero-order chi connectivity index (χ0) is 16.6. The van der Waals surface area contributed by atoms with Crippen molar-refractivity contribution in [3.8, 4) is 0 Å². The number of ether oxygens (including phenoxy) is 1. The minimum Gasteiger partial charge on any atom is -0.444 e. The van der Waals surface area contributed by atoms with Crippen molar-refractivity contribution in [2.24, 2.45) is 0 Å². The van der Waals surface area contributed by atoms with E-state index in [4.69, 9.17) is 4.74 Å². The van der Waals surface area contributed by atoms with E-state index in [9.17, 15) is 4.79 Å². The van der Waals surface area contributed by atoms with Crippen LogP contribution in [0, 0.1) is 0 Å². The largest absolute Gasteiger partial charge is 0.444 e. The van der Waals surface area contributed by atoms with Crippen molar-refractivity contribution in [3.05, 3.63) is 0 Å². The highest BCUT2D eigenvalue weighted by atomic mass is 16.6. The predicted octanol–water partition coefficient (Wildman–Crippen LogP) is 2.71. The molecule has 0 aliphatic carbocycles. The molecule has 1 atom stereocenters. The Morgan fingerprint density at radius 2 is 2.05 bits per heavy atom. The van der Waals surface area contributed by atoms with Crippen LogP contribution in [0.25, 0.3) is 0 Å². The SMILES string of the molecule is CCCN(CC)CCNCC1CCCN1C(=O)OC(C)(C)C. The summed E-state index contributed by atoms with van der Waals surface area (Å²) in [6, 6.07) is 0.274. The molecule has 1 aliphatic rings. The Bertz CT molecular complexity index is 328. The molecule has 1 aliphatic heterocycles. The number of likely N-dealkylation sites (tertiary alicyclic amines) is 1. The molecule has 5 heteroatoms. The molecular weight excluding hydrogens is 278 g/mol. The van der Waals surface area contributed by atoms with Gasteiger partial charge in [0, 0.05) is 32.2 Å². The molecule has 22 heavy (non-hydrogen) atoms. The van der Waals surface area contributed by atoms with E-state index in [0.717, 1.165) is 52.1 Å². The van der Waals surface area contributed by atoms with Crippen LogP contribution >= 0.6 is 0 Å². The minimum absolute atomic E-state index is 0.169. The van der Waals surface area contributed by atoms with Crippen LogP contribution in [0.3, 0.4) is 0 Å². The molecule has 1 fully saturated rings. The van der Waals surface area contributed by atoms with E-state index in [1.165, 1.54) is 6.42 Å². The van der Waals surface area contributed by atoms with E-state index in [1.54, 1.807) is 0 Å². The fourth-order valence-corrected chi connectivity index (χ4v) is 2.86. The molecule has 130 valence electrons. The van der Waals surface area contributed by atoms with Crippen molar-refractivity contribution in [2.75, 3.05) is 39.3 Å². The second-order valence-electron chi connectivity index (χ2n) is 7.11. The zero-order valence-electron chi connectivity index (χ0n) is 15.2. The van der Waals surface area contributed by atoms with Crippen LogP contribution in [-0.4, -0.2) is 66.8 Å². The van der Waals surface area contributed by atoms with E-state index in [1.807, 2.05) is 25.7 Å². The lowest BCUT2D eigenvalue weighted by Crippen LogP contribution is -2.45. The molecule has 1 saturated heterocycles. The Labute approximate surface area is 136 Å². The molecule has 0 aromatic rings. The second kappa shape index (κ2) is 9.36. The topological polar surface area (TPSA) is 44.8 Å². The highest BCUT2D eigenvalue weighted by Gasteiger charge is 2.31. The Morgan fingerprint density at radius 3 is 2.64 bits per heavy atom. The molecule has 1 N–H and O–H groups in total. The maximum absolute atomic E-state index is 12.2. The van der Waals surface area contributed by atoms with Gasteiger partial charge in [0.05, 0.1) is 0 Å². The van der Waals surface area contributed by atoms with Crippen molar-refractivity contribution < 1.29 is 9.53 Å². The molecule has 1 heterocycles. The Kier molecular flexibility index (Phi) is 8.18. The van der Waals surface area contributed by atoms with Gasteiger partial charge in [0.1, 0.15) is 5.60 Å². The molecular formula is C17H35N3O2. The van der Waals surface area contributed by atoms with Gasteiger partial charge in [-0.15, -0.1) is 0 Å². The Balaban J connectivity index is 2.31. The summed E-state index contributed by atoms with van der Waals surface area (Å²) in [6.45, 7) is 16.2. The summed E-state index contributed by atoms with van der Waals surface area (Å²) in [6.07, 6.45) is 3.17. The molecule has 0 aromatic carbocycles. The normalized spacial score (nSPS) is 19.0. The zero-order valence-corrected chi connectivity index (χ0v) is 15.2. The number of rotatable bonds is 8. The minimum atomic E-state index is -0.417. The van der Waals surface area contributed by atoms with Gasteiger partial charge in [0.2, 0.25) is 0 Å². The summed E-state index contributed by atoms with van der Waals surface area (Å²) in [7, 11) is 0. The number of carbonyl (C=O) groups excluding carboxylic acids is 1. The van der Waals surface area contributed by atoms with Gasteiger partial charge in [-0.3, -0.25) is 0 Å². The first-order valence-electron chi connectivity index (χ1n) is 8.80. The molecule has 5 nitrogen and oxygen atoms in total. The van der Waals surface area contributed by atoms with E-state index >= 15 is 0 Å². The summed E-state index contributed by atoms with van der Waals surface area (Å²) >= 11 is 0. The Hall–Kier alpha value is -0.810. The molecule has 1 amide bonds. The third-order valence-electron chi connectivity index (χ3n) is 3.98. The second-order valence-corrected chi connectivity index (χ2v) is 7.11. The van der Waals surface area contributed by atoms with Crippen LogP contribution in [0.1, 0.15) is 53.9 Å². The van der Waals surface area contributed by atoms with Crippen molar-refractivity contribution in [3.63, 3.8) is 0 Å². The third-order valence-corrected chi connectivity index (χ3v) is 3.98. The first-order chi connectivity index (χ1) is 10.4. The first-order valence-corrected chi connectivity index (χ1v) is 8.80. The number of likely N-dealkylation sites (N-methyl/N-ethyl adjacent to an activating group) is 1. The third kappa shape index (κ3) is 6.97. The summed E-state index contributed by atoms with van der Waals surface area (Å²) in [5, 5.41) is 3.51. The van der Waals surface area contributed by atoms with Crippen molar-refractivity contribution in [1.82, 2.24) is 15.1 Å². The van der Waals surface area contributed by atoms with E-state index < -0.39 is 5.60 Å². The van der Waals surface area contributed by atoms with Gasteiger partial charge in [-0.05, 0) is 53.1 Å². The number of hydrogen-bond donors (Lipinski definition) is 1. The number of nitrogens with zero attached hydrogens (tertiary/aromatic N) is 2. The van der Waals surface area contributed by atoms with Gasteiger partial charge < -0.3 is 19.9 Å². The van der Waals surface area contributed by atoms with Gasteiger partial charge in [0.25, 0.3) is 0 Å². The van der Waals surface area contributed by atoms with E-state index in [-0.39, 0.29) is 12.1 Å². The van der Waals surface area contributed by atoms with Gasteiger partial charge >= 0.3 is 6.09 Å². The van der Waals surface area contributed by atoms with Crippen LogP contribution in [-0.2, 0) is 4.74 Å². The van der Waals surface area contributed by atoms with Crippen LogP contribution in [0.5, 0.6) is 0 Å². The average molecular weight is 313 g/mol. The number of nitrogens with one attached hydrogen (secondary N) is 1. The van der Waals surface area contributed by atoms with E-state index in [0.29, 0.717) is 0 Å². The lowest BCUT2D eigenvalue weighted by atomic mass is 10.2.